The standard InChI is InChI=1S/C32H32N6O2/c1-33-32(27-14-25(40)10-9-23(27)19-39)31-26-5-3-4-6-28(26)36-29(31)16-34-15-21-7-8-22-11-12-38(30(22)13-21)18-24-17-37(2)20-35-24/h3-14,17,19-20,32-34,36,40H,15-16,18H2,1-2H3. The predicted octanol–water partition coefficient (Wildman–Crippen LogP) is 5.02. The Bertz CT molecular complexity index is 1810. The number of aromatic hydroxyl groups is 1. The molecular formula is C32H32N6O2. The third-order valence-corrected chi connectivity index (χ3v) is 7.47. The Kier molecular flexibility index (Phi) is 6.94. The summed E-state index contributed by atoms with van der Waals surface area (Å²) in [6.07, 6.45) is 6.82. The van der Waals surface area contributed by atoms with Crippen LogP contribution in [0.2, 0.25) is 0 Å². The molecule has 0 aliphatic carbocycles. The molecule has 0 saturated heterocycles. The minimum atomic E-state index is -0.286. The normalized spacial score (nSPS) is 12.3. The first-order valence-corrected chi connectivity index (χ1v) is 13.3. The molecule has 0 amide bonds. The Balaban J connectivity index is 1.27. The van der Waals surface area contributed by atoms with Crippen LogP contribution in [0.15, 0.2) is 85.5 Å². The third kappa shape index (κ3) is 4.90. The number of phenols is 1. The van der Waals surface area contributed by atoms with E-state index in [1.807, 2.05) is 43.3 Å². The van der Waals surface area contributed by atoms with E-state index in [4.69, 9.17) is 0 Å². The van der Waals surface area contributed by atoms with Gasteiger partial charge in [-0.1, -0.05) is 30.3 Å². The lowest BCUT2D eigenvalue weighted by atomic mass is 9.92. The molecule has 0 bridgehead atoms. The Morgan fingerprint density at radius 2 is 1.95 bits per heavy atom. The summed E-state index contributed by atoms with van der Waals surface area (Å²) < 4.78 is 4.20. The summed E-state index contributed by atoms with van der Waals surface area (Å²) in [7, 11) is 3.86. The van der Waals surface area contributed by atoms with Gasteiger partial charge < -0.3 is 29.9 Å². The van der Waals surface area contributed by atoms with E-state index in [1.54, 1.807) is 18.2 Å². The molecule has 0 spiro atoms. The number of para-hydroxylation sites is 1. The number of aromatic nitrogens is 4. The first-order valence-electron chi connectivity index (χ1n) is 13.3. The van der Waals surface area contributed by atoms with E-state index in [-0.39, 0.29) is 11.8 Å². The van der Waals surface area contributed by atoms with Gasteiger partial charge in [0.1, 0.15) is 12.0 Å². The number of carbonyl (C=O) groups excluding carboxylic acids is 1. The third-order valence-electron chi connectivity index (χ3n) is 7.47. The number of imidazole rings is 1. The average Bonchev–Trinajstić information content (AvgIpc) is 3.67. The lowest BCUT2D eigenvalue weighted by Gasteiger charge is -2.21. The zero-order valence-electron chi connectivity index (χ0n) is 22.6. The Morgan fingerprint density at radius 3 is 2.75 bits per heavy atom. The van der Waals surface area contributed by atoms with Crippen molar-refractivity contribution in [1.82, 2.24) is 29.7 Å². The fourth-order valence-corrected chi connectivity index (χ4v) is 5.60. The van der Waals surface area contributed by atoms with E-state index in [0.29, 0.717) is 18.7 Å². The van der Waals surface area contributed by atoms with Crippen LogP contribution in [0.4, 0.5) is 0 Å². The molecule has 1 unspecified atom stereocenters. The first kappa shape index (κ1) is 25.6. The van der Waals surface area contributed by atoms with Crippen LogP contribution in [0, 0.1) is 0 Å². The van der Waals surface area contributed by atoms with Gasteiger partial charge >= 0.3 is 0 Å². The van der Waals surface area contributed by atoms with Crippen LogP contribution in [0.25, 0.3) is 21.8 Å². The fourth-order valence-electron chi connectivity index (χ4n) is 5.60. The highest BCUT2D eigenvalue weighted by Gasteiger charge is 2.23. The monoisotopic (exact) mass is 532 g/mol. The van der Waals surface area contributed by atoms with Crippen LogP contribution in [0.3, 0.4) is 0 Å². The number of aryl methyl sites for hydroxylation is 1. The number of carbonyl (C=O) groups is 1. The van der Waals surface area contributed by atoms with Gasteiger partial charge in [-0.2, -0.15) is 0 Å². The summed E-state index contributed by atoms with van der Waals surface area (Å²) >= 11 is 0. The summed E-state index contributed by atoms with van der Waals surface area (Å²) in [5, 5.41) is 19.5. The first-order chi connectivity index (χ1) is 19.5. The van der Waals surface area contributed by atoms with E-state index in [0.717, 1.165) is 46.2 Å². The fraction of sp³-hybridized carbons (Fsp3) is 0.188. The molecule has 202 valence electrons. The second-order valence-electron chi connectivity index (χ2n) is 10.2. The number of aldehydes is 1. The molecular weight excluding hydrogens is 500 g/mol. The number of benzene rings is 3. The van der Waals surface area contributed by atoms with Gasteiger partial charge in [0.05, 0.1) is 24.6 Å². The number of hydrogen-bond acceptors (Lipinski definition) is 5. The summed E-state index contributed by atoms with van der Waals surface area (Å²) in [6.45, 7) is 2.02. The molecule has 40 heavy (non-hydrogen) atoms. The molecule has 3 aromatic carbocycles. The maximum atomic E-state index is 11.9. The lowest BCUT2D eigenvalue weighted by molar-refractivity contribution is 0.112. The number of nitrogens with one attached hydrogen (secondary N) is 3. The molecule has 6 aromatic rings. The highest BCUT2D eigenvalue weighted by atomic mass is 16.3. The number of rotatable bonds is 10. The second kappa shape index (κ2) is 10.8. The second-order valence-corrected chi connectivity index (χ2v) is 10.2. The molecule has 8 nitrogen and oxygen atoms in total. The number of nitrogens with zero attached hydrogens (tertiary/aromatic N) is 3. The van der Waals surface area contributed by atoms with Crippen LogP contribution < -0.4 is 10.6 Å². The van der Waals surface area contributed by atoms with Crippen molar-refractivity contribution in [2.45, 2.75) is 25.7 Å². The molecule has 4 N–H and O–H groups in total. The van der Waals surface area contributed by atoms with Gasteiger partial charge in [-0.05, 0) is 60.0 Å². The van der Waals surface area contributed by atoms with Gasteiger partial charge in [0.15, 0.2) is 0 Å². The van der Waals surface area contributed by atoms with Crippen LogP contribution in [-0.2, 0) is 26.7 Å². The van der Waals surface area contributed by atoms with E-state index in [1.165, 1.54) is 16.5 Å². The number of fused-ring (bicyclic) bond motifs is 2. The van der Waals surface area contributed by atoms with Crippen LogP contribution in [0.5, 0.6) is 5.75 Å². The van der Waals surface area contributed by atoms with Crippen molar-refractivity contribution in [3.05, 3.63) is 119 Å². The molecule has 6 rings (SSSR count). The Labute approximate surface area is 232 Å². The van der Waals surface area contributed by atoms with Gasteiger partial charge in [0.2, 0.25) is 0 Å². The number of phenolic OH excluding ortho intramolecular Hbond substituents is 1. The molecule has 0 aliphatic heterocycles. The molecule has 0 saturated carbocycles. The molecule has 0 aliphatic rings. The topological polar surface area (TPSA) is 99.9 Å². The van der Waals surface area contributed by atoms with Gasteiger partial charge in [0.25, 0.3) is 0 Å². The van der Waals surface area contributed by atoms with Crippen LogP contribution >= 0.6 is 0 Å². The number of aromatic amines is 1. The quantitative estimate of drug-likeness (QED) is 0.186. The van der Waals surface area contributed by atoms with Crippen molar-refractivity contribution < 1.29 is 9.90 Å². The van der Waals surface area contributed by atoms with Gasteiger partial charge in [0, 0.05) is 65.8 Å². The van der Waals surface area contributed by atoms with Crippen molar-refractivity contribution >= 4 is 28.1 Å². The molecule has 0 fully saturated rings. The van der Waals surface area contributed by atoms with Crippen LogP contribution in [-0.4, -0.2) is 37.5 Å². The minimum Gasteiger partial charge on any atom is -0.508 e. The summed E-state index contributed by atoms with van der Waals surface area (Å²) in [6, 6.07) is 21.4. The van der Waals surface area contributed by atoms with Crippen molar-refractivity contribution in [3.63, 3.8) is 0 Å². The molecule has 3 heterocycles. The van der Waals surface area contributed by atoms with Crippen molar-refractivity contribution in [1.29, 1.82) is 0 Å². The maximum Gasteiger partial charge on any atom is 0.150 e. The van der Waals surface area contributed by atoms with Crippen molar-refractivity contribution in [2.75, 3.05) is 7.05 Å². The minimum absolute atomic E-state index is 0.128. The van der Waals surface area contributed by atoms with E-state index >= 15 is 0 Å². The number of hydrogen-bond donors (Lipinski definition) is 4. The van der Waals surface area contributed by atoms with E-state index < -0.39 is 0 Å². The lowest BCUT2D eigenvalue weighted by Crippen LogP contribution is -2.22. The van der Waals surface area contributed by atoms with Gasteiger partial charge in [-0.15, -0.1) is 0 Å². The van der Waals surface area contributed by atoms with Gasteiger partial charge in [-0.25, -0.2) is 4.98 Å². The summed E-state index contributed by atoms with van der Waals surface area (Å²) in [5.74, 6) is 0.128. The SMILES string of the molecule is CNC(c1cc(O)ccc1C=O)c1c(CNCc2ccc3ccn(Cc4cn(C)cn4)c3c2)[nH]c2ccccc12. The van der Waals surface area contributed by atoms with Crippen LogP contribution in [0.1, 0.15) is 44.5 Å². The Hall–Kier alpha value is -4.66. The van der Waals surface area contributed by atoms with Gasteiger partial charge in [-0.3, -0.25) is 4.79 Å². The molecule has 1 atom stereocenters. The Morgan fingerprint density at radius 1 is 1.07 bits per heavy atom. The zero-order valence-corrected chi connectivity index (χ0v) is 22.6. The number of H-pyrrole nitrogens is 1. The molecule has 0 radical (unpaired) electrons. The summed E-state index contributed by atoms with van der Waals surface area (Å²) in [4.78, 5) is 19.9. The highest BCUT2D eigenvalue weighted by Crippen LogP contribution is 2.34. The zero-order chi connectivity index (χ0) is 27.6. The van der Waals surface area contributed by atoms with Crippen molar-refractivity contribution in [3.8, 4) is 5.75 Å². The molecule has 8 heteroatoms. The van der Waals surface area contributed by atoms with E-state index in [2.05, 4.69) is 67.8 Å². The van der Waals surface area contributed by atoms with E-state index in [9.17, 15) is 9.90 Å². The maximum absolute atomic E-state index is 11.9. The average molecular weight is 533 g/mol. The largest absolute Gasteiger partial charge is 0.508 e. The summed E-state index contributed by atoms with van der Waals surface area (Å²) in [5.41, 5.74) is 7.78. The smallest absolute Gasteiger partial charge is 0.150 e. The highest BCUT2D eigenvalue weighted by molar-refractivity contribution is 5.87. The van der Waals surface area contributed by atoms with Crippen molar-refractivity contribution in [2.24, 2.45) is 7.05 Å². The predicted molar refractivity (Wildman–Crippen MR) is 157 cm³/mol. The molecule has 3 aromatic heterocycles.